The molecule has 0 spiro atoms. The van der Waals surface area contributed by atoms with Crippen molar-refractivity contribution in [2.45, 2.75) is 46.0 Å². The third kappa shape index (κ3) is 4.08. The monoisotopic (exact) mass is 274 g/mol. The van der Waals surface area contributed by atoms with E-state index in [-0.39, 0.29) is 0 Å². The molecular formula is C16H22N2O2. The average molecular weight is 274 g/mol. The molecule has 20 heavy (non-hydrogen) atoms. The lowest BCUT2D eigenvalue weighted by Crippen LogP contribution is -1.95. The Morgan fingerprint density at radius 2 is 1.80 bits per heavy atom. The van der Waals surface area contributed by atoms with E-state index in [0.717, 1.165) is 55.8 Å². The summed E-state index contributed by atoms with van der Waals surface area (Å²) in [7, 11) is 0. The number of aromatic nitrogens is 2. The highest BCUT2D eigenvalue weighted by Crippen LogP contribution is 2.21. The van der Waals surface area contributed by atoms with Gasteiger partial charge in [-0.2, -0.15) is 4.98 Å². The summed E-state index contributed by atoms with van der Waals surface area (Å²) in [5.41, 5.74) is 0.933. The second kappa shape index (κ2) is 7.68. The van der Waals surface area contributed by atoms with E-state index in [1.807, 2.05) is 24.3 Å². The molecule has 2 aromatic rings. The van der Waals surface area contributed by atoms with Crippen LogP contribution in [0.4, 0.5) is 0 Å². The van der Waals surface area contributed by atoms with Crippen molar-refractivity contribution in [3.63, 3.8) is 0 Å². The van der Waals surface area contributed by atoms with Gasteiger partial charge in [0.05, 0.1) is 6.61 Å². The number of benzene rings is 1. The lowest BCUT2D eigenvalue weighted by Gasteiger charge is -2.04. The predicted molar refractivity (Wildman–Crippen MR) is 78.7 cm³/mol. The van der Waals surface area contributed by atoms with Crippen molar-refractivity contribution in [3.8, 4) is 17.2 Å². The van der Waals surface area contributed by atoms with Crippen LogP contribution in [0.5, 0.6) is 5.75 Å². The highest BCUT2D eigenvalue weighted by Gasteiger charge is 2.08. The first-order valence-corrected chi connectivity index (χ1v) is 7.39. The van der Waals surface area contributed by atoms with E-state index in [0.29, 0.717) is 5.89 Å². The zero-order valence-electron chi connectivity index (χ0n) is 12.3. The molecule has 0 bridgehead atoms. The quantitative estimate of drug-likeness (QED) is 0.675. The molecule has 1 aromatic heterocycles. The van der Waals surface area contributed by atoms with Gasteiger partial charge in [0.15, 0.2) is 5.82 Å². The molecule has 4 nitrogen and oxygen atoms in total. The highest BCUT2D eigenvalue weighted by atomic mass is 16.5. The van der Waals surface area contributed by atoms with Gasteiger partial charge in [-0.25, -0.2) is 0 Å². The van der Waals surface area contributed by atoms with Gasteiger partial charge in [0.25, 0.3) is 5.89 Å². The maximum absolute atomic E-state index is 5.63. The van der Waals surface area contributed by atoms with Crippen LogP contribution in [0.2, 0.25) is 0 Å². The Bertz CT molecular complexity index is 505. The Labute approximate surface area is 120 Å². The molecule has 0 aliphatic carbocycles. The van der Waals surface area contributed by atoms with Crippen molar-refractivity contribution in [2.24, 2.45) is 0 Å². The number of hydrogen-bond donors (Lipinski definition) is 0. The third-order valence-electron chi connectivity index (χ3n) is 3.09. The van der Waals surface area contributed by atoms with E-state index in [1.54, 1.807) is 0 Å². The van der Waals surface area contributed by atoms with Gasteiger partial charge >= 0.3 is 0 Å². The minimum atomic E-state index is 0.580. The smallest absolute Gasteiger partial charge is 0.257 e. The van der Waals surface area contributed by atoms with Crippen LogP contribution in [0.25, 0.3) is 11.5 Å². The first-order valence-electron chi connectivity index (χ1n) is 7.39. The molecule has 108 valence electrons. The predicted octanol–water partition coefficient (Wildman–Crippen LogP) is 4.26. The van der Waals surface area contributed by atoms with Crippen LogP contribution in [0.1, 0.15) is 45.4 Å². The minimum absolute atomic E-state index is 0.580. The zero-order valence-corrected chi connectivity index (χ0v) is 12.3. The number of rotatable bonds is 8. The first kappa shape index (κ1) is 14.6. The lowest BCUT2D eigenvalue weighted by atomic mass is 10.2. The summed E-state index contributed by atoms with van der Waals surface area (Å²) < 4.78 is 10.9. The van der Waals surface area contributed by atoms with Gasteiger partial charge < -0.3 is 9.26 Å². The number of hydrogen-bond acceptors (Lipinski definition) is 4. The molecule has 0 aliphatic heterocycles. The fraction of sp³-hybridized carbons (Fsp3) is 0.500. The summed E-state index contributed by atoms with van der Waals surface area (Å²) in [6.45, 7) is 5.06. The van der Waals surface area contributed by atoms with E-state index in [4.69, 9.17) is 9.26 Å². The summed E-state index contributed by atoms with van der Waals surface area (Å²) in [6, 6.07) is 7.80. The Balaban J connectivity index is 1.96. The number of aryl methyl sites for hydroxylation is 1. The van der Waals surface area contributed by atoms with E-state index < -0.39 is 0 Å². The Hall–Kier alpha value is -1.84. The molecule has 2 rings (SSSR count). The van der Waals surface area contributed by atoms with Crippen LogP contribution in [0.15, 0.2) is 28.8 Å². The Morgan fingerprint density at radius 1 is 1.05 bits per heavy atom. The average Bonchev–Trinajstić information content (AvgIpc) is 2.95. The zero-order chi connectivity index (χ0) is 14.2. The molecule has 0 N–H and O–H groups in total. The van der Waals surface area contributed by atoms with Gasteiger partial charge in [0.2, 0.25) is 0 Å². The summed E-state index contributed by atoms with van der Waals surface area (Å²) in [5, 5.41) is 4.00. The normalized spacial score (nSPS) is 10.7. The molecule has 0 saturated carbocycles. The van der Waals surface area contributed by atoms with Crippen LogP contribution in [0, 0.1) is 0 Å². The Morgan fingerprint density at radius 3 is 2.50 bits per heavy atom. The number of nitrogens with zero attached hydrogens (tertiary/aromatic N) is 2. The van der Waals surface area contributed by atoms with Gasteiger partial charge in [0.1, 0.15) is 5.75 Å². The van der Waals surface area contributed by atoms with Crippen molar-refractivity contribution < 1.29 is 9.26 Å². The fourth-order valence-corrected chi connectivity index (χ4v) is 1.84. The molecule has 1 aromatic carbocycles. The van der Waals surface area contributed by atoms with E-state index in [1.165, 1.54) is 0 Å². The van der Waals surface area contributed by atoms with Crippen molar-refractivity contribution in [1.29, 1.82) is 0 Å². The lowest BCUT2D eigenvalue weighted by molar-refractivity contribution is 0.309. The van der Waals surface area contributed by atoms with Crippen LogP contribution in [-0.2, 0) is 6.42 Å². The van der Waals surface area contributed by atoms with E-state index >= 15 is 0 Å². The topological polar surface area (TPSA) is 48.2 Å². The fourth-order valence-electron chi connectivity index (χ4n) is 1.84. The highest BCUT2D eigenvalue weighted by molar-refractivity contribution is 5.54. The number of ether oxygens (including phenoxy) is 1. The molecule has 0 unspecified atom stereocenters. The molecule has 0 radical (unpaired) electrons. The molecule has 0 saturated heterocycles. The van der Waals surface area contributed by atoms with Crippen molar-refractivity contribution in [1.82, 2.24) is 10.1 Å². The van der Waals surface area contributed by atoms with Gasteiger partial charge in [-0.1, -0.05) is 31.8 Å². The molecule has 0 amide bonds. The largest absolute Gasteiger partial charge is 0.494 e. The molecule has 0 fully saturated rings. The SMILES string of the molecule is CCCCOc1ccc(-c2nc(CCCC)no2)cc1. The summed E-state index contributed by atoms with van der Waals surface area (Å²) in [4.78, 5) is 4.40. The van der Waals surface area contributed by atoms with E-state index in [9.17, 15) is 0 Å². The minimum Gasteiger partial charge on any atom is -0.494 e. The van der Waals surface area contributed by atoms with Crippen molar-refractivity contribution >= 4 is 0 Å². The van der Waals surface area contributed by atoms with Crippen molar-refractivity contribution in [2.75, 3.05) is 6.61 Å². The standard InChI is InChI=1S/C16H22N2O2/c1-3-5-7-15-17-16(20-18-15)13-8-10-14(11-9-13)19-12-6-4-2/h8-11H,3-7,12H2,1-2H3. The van der Waals surface area contributed by atoms with Gasteiger partial charge in [0, 0.05) is 12.0 Å². The summed E-state index contributed by atoms with van der Waals surface area (Å²) in [5.74, 6) is 2.24. The van der Waals surface area contributed by atoms with Gasteiger partial charge in [-0.15, -0.1) is 0 Å². The first-order chi connectivity index (χ1) is 9.83. The second-order valence-electron chi connectivity index (χ2n) is 4.85. The van der Waals surface area contributed by atoms with Gasteiger partial charge in [-0.3, -0.25) is 0 Å². The molecule has 4 heteroatoms. The summed E-state index contributed by atoms with van der Waals surface area (Å²) in [6.07, 6.45) is 5.31. The third-order valence-corrected chi connectivity index (χ3v) is 3.09. The van der Waals surface area contributed by atoms with Crippen LogP contribution < -0.4 is 4.74 Å². The molecule has 0 aliphatic rings. The maximum Gasteiger partial charge on any atom is 0.257 e. The van der Waals surface area contributed by atoms with Crippen LogP contribution in [0.3, 0.4) is 0 Å². The van der Waals surface area contributed by atoms with Crippen LogP contribution in [-0.4, -0.2) is 16.7 Å². The molecular weight excluding hydrogens is 252 g/mol. The number of unbranched alkanes of at least 4 members (excludes halogenated alkanes) is 2. The molecule has 0 atom stereocenters. The molecule has 1 heterocycles. The van der Waals surface area contributed by atoms with E-state index in [2.05, 4.69) is 24.0 Å². The summed E-state index contributed by atoms with van der Waals surface area (Å²) >= 11 is 0. The Kier molecular flexibility index (Phi) is 5.59. The van der Waals surface area contributed by atoms with Crippen LogP contribution >= 0.6 is 0 Å². The van der Waals surface area contributed by atoms with Gasteiger partial charge in [-0.05, 0) is 37.1 Å². The van der Waals surface area contributed by atoms with Crippen molar-refractivity contribution in [3.05, 3.63) is 30.1 Å². The second-order valence-corrected chi connectivity index (χ2v) is 4.85. The maximum atomic E-state index is 5.63.